The van der Waals surface area contributed by atoms with Crippen molar-refractivity contribution in [3.63, 3.8) is 0 Å². The first kappa shape index (κ1) is 22.7. The Labute approximate surface area is 197 Å². The van der Waals surface area contributed by atoms with Crippen molar-refractivity contribution in [3.8, 4) is 0 Å². The molecule has 0 heterocycles. The average Bonchev–Trinajstić information content (AvgIpc) is 2.91. The minimum atomic E-state index is -3.23. The van der Waals surface area contributed by atoms with E-state index in [1.54, 1.807) is 6.08 Å². The molecule has 4 rings (SSSR count). The van der Waals surface area contributed by atoms with Crippen LogP contribution in [0.3, 0.4) is 0 Å². The largest absolute Gasteiger partial charge is 0.408 e. The summed E-state index contributed by atoms with van der Waals surface area (Å²) < 4.78 is 14.1. The van der Waals surface area contributed by atoms with E-state index in [0.29, 0.717) is 6.61 Å². The van der Waals surface area contributed by atoms with E-state index in [1.165, 1.54) is 0 Å². The van der Waals surface area contributed by atoms with Crippen molar-refractivity contribution in [3.05, 3.63) is 158 Å². The second kappa shape index (κ2) is 10.4. The highest BCUT2D eigenvalue weighted by molar-refractivity contribution is 6.92. The van der Waals surface area contributed by atoms with Crippen LogP contribution in [0.2, 0.25) is 0 Å². The molecule has 0 saturated heterocycles. The molecule has 0 aliphatic heterocycles. The molecule has 0 aliphatic carbocycles. The summed E-state index contributed by atoms with van der Waals surface area (Å²) >= 11 is 0. The number of benzene rings is 4. The van der Waals surface area contributed by atoms with E-state index >= 15 is 0 Å². The maximum Gasteiger partial charge on any atom is 0.408 e. The minimum absolute atomic E-state index is 0.368. The maximum absolute atomic E-state index is 7.37. The van der Waals surface area contributed by atoms with Gasteiger partial charge in [0.1, 0.15) is 5.60 Å². The van der Waals surface area contributed by atoms with E-state index < -0.39 is 14.2 Å². The van der Waals surface area contributed by atoms with E-state index in [0.717, 1.165) is 21.5 Å². The van der Waals surface area contributed by atoms with E-state index in [1.807, 2.05) is 78.9 Å². The summed E-state index contributed by atoms with van der Waals surface area (Å²) in [5.41, 5.74) is 1.08. The standard InChI is InChI=1S/C30H28O2Si/c1-3-25-31-33(28-21-13-7-14-22-28,29-23-15-8-16-24-29)32-30(4-2,26-17-9-5-10-18-26)27-19-11-6-12-20-27/h3-24H,1-2,25H2. The molecule has 4 aromatic rings. The van der Waals surface area contributed by atoms with Gasteiger partial charge in [0.15, 0.2) is 0 Å². The molecule has 164 valence electrons. The second-order valence-electron chi connectivity index (χ2n) is 7.72. The number of hydrogen-bond donors (Lipinski definition) is 0. The van der Waals surface area contributed by atoms with Crippen molar-refractivity contribution in [1.29, 1.82) is 0 Å². The lowest BCUT2D eigenvalue weighted by Crippen LogP contribution is -2.66. The molecule has 0 fully saturated rings. The smallest absolute Gasteiger partial charge is 0.384 e. The molecule has 4 aromatic carbocycles. The molecular formula is C30H28O2Si. The van der Waals surface area contributed by atoms with Gasteiger partial charge in [-0.25, -0.2) is 0 Å². The fourth-order valence-corrected chi connectivity index (χ4v) is 7.48. The van der Waals surface area contributed by atoms with Gasteiger partial charge in [-0.2, -0.15) is 0 Å². The molecule has 0 spiro atoms. The monoisotopic (exact) mass is 448 g/mol. The number of hydrogen-bond acceptors (Lipinski definition) is 2. The van der Waals surface area contributed by atoms with Crippen LogP contribution < -0.4 is 10.4 Å². The van der Waals surface area contributed by atoms with Gasteiger partial charge in [-0.3, -0.25) is 0 Å². The van der Waals surface area contributed by atoms with Crippen LogP contribution in [-0.4, -0.2) is 15.2 Å². The average molecular weight is 449 g/mol. The van der Waals surface area contributed by atoms with Gasteiger partial charge in [0.2, 0.25) is 0 Å². The van der Waals surface area contributed by atoms with Gasteiger partial charge in [-0.05, 0) is 21.5 Å². The molecule has 0 radical (unpaired) electrons. The summed E-state index contributed by atoms with van der Waals surface area (Å²) in [5, 5.41) is 2.05. The van der Waals surface area contributed by atoms with Gasteiger partial charge in [-0.1, -0.05) is 140 Å². The zero-order valence-electron chi connectivity index (χ0n) is 18.6. The third-order valence-corrected chi connectivity index (χ3v) is 9.08. The zero-order valence-corrected chi connectivity index (χ0v) is 19.6. The first-order valence-electron chi connectivity index (χ1n) is 11.1. The van der Waals surface area contributed by atoms with Gasteiger partial charge in [0.05, 0.1) is 6.61 Å². The molecule has 0 amide bonds. The summed E-state index contributed by atoms with van der Waals surface area (Å²) in [4.78, 5) is 0. The van der Waals surface area contributed by atoms with Crippen LogP contribution in [0.25, 0.3) is 0 Å². The Hall–Kier alpha value is -3.50. The maximum atomic E-state index is 7.37. The molecule has 3 heteroatoms. The Morgan fingerprint density at radius 3 is 1.36 bits per heavy atom. The summed E-state index contributed by atoms with van der Waals surface area (Å²) in [6, 6.07) is 40.9. The van der Waals surface area contributed by atoms with E-state index in [9.17, 15) is 0 Å². The van der Waals surface area contributed by atoms with Crippen LogP contribution in [0.1, 0.15) is 11.1 Å². The Balaban J connectivity index is 2.01. The van der Waals surface area contributed by atoms with Gasteiger partial charge < -0.3 is 8.85 Å². The van der Waals surface area contributed by atoms with Crippen molar-refractivity contribution in [2.45, 2.75) is 5.60 Å². The molecule has 0 bridgehead atoms. The molecule has 33 heavy (non-hydrogen) atoms. The lowest BCUT2D eigenvalue weighted by Gasteiger charge is -2.42. The van der Waals surface area contributed by atoms with Crippen LogP contribution in [-0.2, 0) is 14.5 Å². The Kier molecular flexibility index (Phi) is 7.15. The number of rotatable bonds is 10. The highest BCUT2D eigenvalue weighted by atomic mass is 28.4. The van der Waals surface area contributed by atoms with Crippen LogP contribution in [0, 0.1) is 0 Å². The molecule has 0 aliphatic rings. The second-order valence-corrected chi connectivity index (χ2v) is 10.6. The van der Waals surface area contributed by atoms with Crippen LogP contribution in [0.4, 0.5) is 0 Å². The molecule has 0 unspecified atom stereocenters. The first-order valence-corrected chi connectivity index (χ1v) is 12.9. The highest BCUT2D eigenvalue weighted by Crippen LogP contribution is 2.38. The van der Waals surface area contributed by atoms with Crippen molar-refractivity contribution in [2.24, 2.45) is 0 Å². The summed E-state index contributed by atoms with van der Waals surface area (Å²) in [5.74, 6) is 0. The normalized spacial score (nSPS) is 11.6. The Bertz CT molecular complexity index is 1080. The molecule has 0 aromatic heterocycles. The van der Waals surface area contributed by atoms with E-state index in [-0.39, 0.29) is 0 Å². The highest BCUT2D eigenvalue weighted by Gasteiger charge is 2.50. The summed E-state index contributed by atoms with van der Waals surface area (Å²) in [6.07, 6.45) is 3.67. The van der Waals surface area contributed by atoms with E-state index in [4.69, 9.17) is 8.85 Å². The molecule has 2 nitrogen and oxygen atoms in total. The fourth-order valence-electron chi connectivity index (χ4n) is 4.13. The van der Waals surface area contributed by atoms with Crippen molar-refractivity contribution >= 4 is 18.9 Å². The SMILES string of the molecule is C=CCO[Si](OC(C=C)(c1ccccc1)c1ccccc1)(c1ccccc1)c1ccccc1. The third-order valence-electron chi connectivity index (χ3n) is 5.71. The summed E-state index contributed by atoms with van der Waals surface area (Å²) in [6.45, 7) is 8.53. The summed E-state index contributed by atoms with van der Waals surface area (Å²) in [7, 11) is -3.23. The van der Waals surface area contributed by atoms with Crippen molar-refractivity contribution < 1.29 is 8.85 Å². The molecule has 0 N–H and O–H groups in total. The topological polar surface area (TPSA) is 18.5 Å². The van der Waals surface area contributed by atoms with Crippen LogP contribution >= 0.6 is 0 Å². The lowest BCUT2D eigenvalue weighted by molar-refractivity contribution is 0.107. The zero-order chi connectivity index (χ0) is 23.0. The molecule has 0 saturated carbocycles. The van der Waals surface area contributed by atoms with E-state index in [2.05, 4.69) is 61.7 Å². The first-order chi connectivity index (χ1) is 16.2. The van der Waals surface area contributed by atoms with Gasteiger partial charge in [-0.15, -0.1) is 6.58 Å². The third kappa shape index (κ3) is 4.52. The molecular weight excluding hydrogens is 420 g/mol. The van der Waals surface area contributed by atoms with Crippen molar-refractivity contribution in [1.82, 2.24) is 0 Å². The lowest BCUT2D eigenvalue weighted by atomic mass is 9.86. The predicted molar refractivity (Wildman–Crippen MR) is 139 cm³/mol. The minimum Gasteiger partial charge on any atom is -0.384 e. The van der Waals surface area contributed by atoms with Gasteiger partial charge >= 0.3 is 8.56 Å². The fraction of sp³-hybridized carbons (Fsp3) is 0.0667. The predicted octanol–water partition coefficient (Wildman–Crippen LogP) is 5.59. The Morgan fingerprint density at radius 2 is 1.00 bits per heavy atom. The quantitative estimate of drug-likeness (QED) is 0.232. The van der Waals surface area contributed by atoms with Crippen LogP contribution in [0.15, 0.2) is 147 Å². The van der Waals surface area contributed by atoms with Gasteiger partial charge in [0, 0.05) is 0 Å². The van der Waals surface area contributed by atoms with Crippen molar-refractivity contribution in [2.75, 3.05) is 6.61 Å². The van der Waals surface area contributed by atoms with Gasteiger partial charge in [0.25, 0.3) is 0 Å². The molecule has 0 atom stereocenters. The Morgan fingerprint density at radius 1 is 0.606 bits per heavy atom. The van der Waals surface area contributed by atoms with Crippen LogP contribution in [0.5, 0.6) is 0 Å².